The molecule has 0 spiro atoms. The smallest absolute Gasteiger partial charge is 0.356 e. The van der Waals surface area contributed by atoms with Crippen molar-refractivity contribution >= 4 is 11.7 Å². The van der Waals surface area contributed by atoms with Gasteiger partial charge in [-0.2, -0.15) is 0 Å². The van der Waals surface area contributed by atoms with E-state index in [1.165, 1.54) is 0 Å². The summed E-state index contributed by atoms with van der Waals surface area (Å²) in [6, 6.07) is 0. The fourth-order valence-electron chi connectivity index (χ4n) is 2.07. The Hall–Kier alpha value is -1.69. The molecule has 0 bridgehead atoms. The minimum absolute atomic E-state index is 0.0172. The minimum Gasteiger partial charge on any atom is -0.483 e. The number of aromatic amines is 1. The van der Waals surface area contributed by atoms with Gasteiger partial charge in [-0.25, -0.2) is 4.79 Å². The van der Waals surface area contributed by atoms with Crippen molar-refractivity contribution in [2.75, 3.05) is 39.1 Å². The predicted molar refractivity (Wildman–Crippen MR) is 64.0 cm³/mol. The molecule has 6 heteroatoms. The summed E-state index contributed by atoms with van der Waals surface area (Å²) in [7, 11) is 5.87. The Morgan fingerprint density at radius 1 is 1.71 bits per heavy atom. The number of ether oxygens (including phenoxy) is 1. The van der Waals surface area contributed by atoms with Crippen molar-refractivity contribution in [1.82, 2.24) is 9.88 Å². The first-order valence-corrected chi connectivity index (χ1v) is 5.46. The highest BCUT2D eigenvalue weighted by Crippen LogP contribution is 2.35. The van der Waals surface area contributed by atoms with Crippen molar-refractivity contribution in [3.05, 3.63) is 11.9 Å². The highest BCUT2D eigenvalue weighted by molar-refractivity contribution is 5.92. The van der Waals surface area contributed by atoms with Crippen molar-refractivity contribution in [2.24, 2.45) is 0 Å². The number of likely N-dealkylation sites (N-methyl/N-ethyl adjacent to an activating group) is 2. The zero-order valence-electron chi connectivity index (χ0n) is 10.2. The van der Waals surface area contributed by atoms with Gasteiger partial charge in [0.1, 0.15) is 6.10 Å². The average Bonchev–Trinajstić information content (AvgIpc) is 2.60. The number of aromatic carboxylic acids is 1. The van der Waals surface area contributed by atoms with Gasteiger partial charge in [-0.05, 0) is 14.1 Å². The Balaban J connectivity index is 2.26. The molecule has 1 unspecified atom stereocenters. The molecular weight excluding hydrogens is 222 g/mol. The molecule has 2 heterocycles. The minimum atomic E-state index is -0.995. The third kappa shape index (κ3) is 2.21. The SMILES string of the molecule is CN(C)CC1CN(C)c2c[nH]c(C(=O)O)c2O1. The van der Waals surface area contributed by atoms with Crippen LogP contribution in [0.4, 0.5) is 5.69 Å². The average molecular weight is 239 g/mol. The molecule has 0 amide bonds. The van der Waals surface area contributed by atoms with Gasteiger partial charge >= 0.3 is 5.97 Å². The number of fused-ring (bicyclic) bond motifs is 1. The highest BCUT2D eigenvalue weighted by Gasteiger charge is 2.29. The molecule has 2 N–H and O–H groups in total. The molecule has 94 valence electrons. The summed E-state index contributed by atoms with van der Waals surface area (Å²) >= 11 is 0. The lowest BCUT2D eigenvalue weighted by Crippen LogP contribution is -2.43. The summed E-state index contributed by atoms with van der Waals surface area (Å²) in [5, 5.41) is 9.04. The van der Waals surface area contributed by atoms with E-state index >= 15 is 0 Å². The fourth-order valence-corrected chi connectivity index (χ4v) is 2.07. The topological polar surface area (TPSA) is 68.8 Å². The largest absolute Gasteiger partial charge is 0.483 e. The molecule has 0 saturated carbocycles. The first-order valence-electron chi connectivity index (χ1n) is 5.46. The summed E-state index contributed by atoms with van der Waals surface area (Å²) in [6.45, 7) is 1.51. The summed E-state index contributed by atoms with van der Waals surface area (Å²) in [6.07, 6.45) is 1.65. The van der Waals surface area contributed by atoms with Crippen LogP contribution in [0.15, 0.2) is 6.20 Å². The number of carbonyl (C=O) groups is 1. The monoisotopic (exact) mass is 239 g/mol. The number of rotatable bonds is 3. The van der Waals surface area contributed by atoms with E-state index in [2.05, 4.69) is 4.98 Å². The van der Waals surface area contributed by atoms with Crippen LogP contribution in [0.1, 0.15) is 10.5 Å². The molecule has 0 aliphatic carbocycles. The van der Waals surface area contributed by atoms with Crippen molar-refractivity contribution in [2.45, 2.75) is 6.10 Å². The highest BCUT2D eigenvalue weighted by atomic mass is 16.5. The molecule has 0 radical (unpaired) electrons. The Labute approximate surface area is 99.8 Å². The molecule has 0 fully saturated rings. The van der Waals surface area contributed by atoms with E-state index in [1.54, 1.807) is 6.20 Å². The van der Waals surface area contributed by atoms with E-state index in [0.29, 0.717) is 5.75 Å². The van der Waals surface area contributed by atoms with Crippen LogP contribution in [0, 0.1) is 0 Å². The van der Waals surface area contributed by atoms with Crippen LogP contribution >= 0.6 is 0 Å². The number of carboxylic acids is 1. The fraction of sp³-hybridized carbons (Fsp3) is 0.545. The molecule has 1 aliphatic heterocycles. The standard InChI is InChI=1S/C11H17N3O3/c1-13(2)5-7-6-14(3)8-4-12-9(11(15)16)10(8)17-7/h4,7,12H,5-6H2,1-3H3,(H,15,16). The summed E-state index contributed by atoms with van der Waals surface area (Å²) < 4.78 is 5.75. The van der Waals surface area contributed by atoms with Gasteiger partial charge in [-0.1, -0.05) is 0 Å². The van der Waals surface area contributed by atoms with Crippen molar-refractivity contribution in [1.29, 1.82) is 0 Å². The molecule has 1 aromatic heterocycles. The van der Waals surface area contributed by atoms with Crippen molar-refractivity contribution in [3.8, 4) is 5.75 Å². The van der Waals surface area contributed by atoms with Crippen LogP contribution in [-0.4, -0.2) is 61.3 Å². The summed E-state index contributed by atoms with van der Waals surface area (Å²) in [5.74, 6) is -0.553. The molecule has 1 aromatic rings. The first-order chi connectivity index (χ1) is 7.99. The maximum Gasteiger partial charge on any atom is 0.356 e. The van der Waals surface area contributed by atoms with E-state index in [1.807, 2.05) is 30.9 Å². The number of carboxylic acid groups (broad SMARTS) is 1. The lowest BCUT2D eigenvalue weighted by Gasteiger charge is -2.33. The van der Waals surface area contributed by atoms with Gasteiger partial charge in [0.2, 0.25) is 0 Å². The number of anilines is 1. The summed E-state index contributed by atoms with van der Waals surface area (Å²) in [5.41, 5.74) is 0.924. The van der Waals surface area contributed by atoms with Gasteiger partial charge < -0.3 is 24.6 Å². The molecule has 0 saturated heterocycles. The molecule has 17 heavy (non-hydrogen) atoms. The van der Waals surface area contributed by atoms with E-state index in [9.17, 15) is 4.79 Å². The maximum absolute atomic E-state index is 11.0. The Morgan fingerprint density at radius 2 is 2.41 bits per heavy atom. The lowest BCUT2D eigenvalue weighted by atomic mass is 10.2. The van der Waals surface area contributed by atoms with Gasteiger partial charge in [0.25, 0.3) is 0 Å². The number of aromatic nitrogens is 1. The van der Waals surface area contributed by atoms with E-state index < -0.39 is 5.97 Å². The number of H-pyrrole nitrogens is 1. The second kappa shape index (κ2) is 4.29. The predicted octanol–water partition coefficient (Wildman–Crippen LogP) is 0.472. The van der Waals surface area contributed by atoms with Crippen LogP contribution in [0.3, 0.4) is 0 Å². The third-order valence-electron chi connectivity index (χ3n) is 2.77. The van der Waals surface area contributed by atoms with Gasteiger partial charge in [0, 0.05) is 19.8 Å². The summed E-state index contributed by atoms with van der Waals surface area (Å²) in [4.78, 5) is 17.8. The van der Waals surface area contributed by atoms with E-state index in [0.717, 1.165) is 18.8 Å². The van der Waals surface area contributed by atoms with Crippen LogP contribution in [0.2, 0.25) is 0 Å². The Kier molecular flexibility index (Phi) is 2.97. The molecule has 1 atom stereocenters. The number of hydrogen-bond donors (Lipinski definition) is 2. The van der Waals surface area contributed by atoms with Crippen LogP contribution < -0.4 is 9.64 Å². The van der Waals surface area contributed by atoms with Crippen LogP contribution in [0.5, 0.6) is 5.75 Å². The van der Waals surface area contributed by atoms with Crippen molar-refractivity contribution < 1.29 is 14.6 Å². The number of nitrogens with zero attached hydrogens (tertiary/aromatic N) is 2. The number of nitrogens with one attached hydrogen (secondary N) is 1. The zero-order valence-corrected chi connectivity index (χ0v) is 10.2. The van der Waals surface area contributed by atoms with E-state index in [-0.39, 0.29) is 11.8 Å². The van der Waals surface area contributed by atoms with Crippen molar-refractivity contribution in [3.63, 3.8) is 0 Å². The number of hydrogen-bond acceptors (Lipinski definition) is 4. The quantitative estimate of drug-likeness (QED) is 0.802. The van der Waals surface area contributed by atoms with Gasteiger partial charge in [-0.15, -0.1) is 0 Å². The molecular formula is C11H17N3O3. The Morgan fingerprint density at radius 3 is 3.00 bits per heavy atom. The Bertz CT molecular complexity index is 428. The van der Waals surface area contributed by atoms with Crippen LogP contribution in [0.25, 0.3) is 0 Å². The molecule has 6 nitrogen and oxygen atoms in total. The second-order valence-corrected chi connectivity index (χ2v) is 4.57. The normalized spacial score (nSPS) is 19.1. The van der Waals surface area contributed by atoms with Crippen LogP contribution in [-0.2, 0) is 0 Å². The second-order valence-electron chi connectivity index (χ2n) is 4.57. The lowest BCUT2D eigenvalue weighted by molar-refractivity contribution is 0.0681. The van der Waals surface area contributed by atoms with E-state index in [4.69, 9.17) is 9.84 Å². The van der Waals surface area contributed by atoms with Gasteiger partial charge in [0.05, 0.1) is 12.2 Å². The first kappa shape index (κ1) is 11.8. The molecule has 0 aromatic carbocycles. The maximum atomic E-state index is 11.0. The molecule has 1 aliphatic rings. The van der Waals surface area contributed by atoms with Gasteiger partial charge in [-0.3, -0.25) is 0 Å². The molecule has 2 rings (SSSR count). The van der Waals surface area contributed by atoms with Gasteiger partial charge in [0.15, 0.2) is 11.4 Å². The zero-order chi connectivity index (χ0) is 12.6. The third-order valence-corrected chi connectivity index (χ3v) is 2.77.